The standard InChI is InChI=1S/C24H22FN3O3S/c1-15-21(23(30)31-2)22(17-8-4-3-5-9-17)28-19(14-32-24(28)27-15)12-20(29)26-13-16-7-6-10-18(25)11-16/h3-11,14,22H,12-13H2,1-2H3,(H,26,29)/t22-/m0/s1. The van der Waals surface area contributed by atoms with Crippen LogP contribution >= 0.6 is 11.8 Å². The molecular weight excluding hydrogens is 429 g/mol. The van der Waals surface area contributed by atoms with Crippen molar-refractivity contribution in [3.63, 3.8) is 0 Å². The molecular formula is C24H22FN3O3S. The molecule has 8 heteroatoms. The van der Waals surface area contributed by atoms with Crippen LogP contribution in [0.2, 0.25) is 0 Å². The van der Waals surface area contributed by atoms with Crippen molar-refractivity contribution in [2.24, 2.45) is 4.99 Å². The summed E-state index contributed by atoms with van der Waals surface area (Å²) in [5.41, 5.74) is 3.34. The molecule has 164 valence electrons. The molecule has 32 heavy (non-hydrogen) atoms. The summed E-state index contributed by atoms with van der Waals surface area (Å²) in [7, 11) is 1.35. The first-order chi connectivity index (χ1) is 15.5. The zero-order chi connectivity index (χ0) is 22.7. The van der Waals surface area contributed by atoms with E-state index in [0.717, 1.165) is 11.3 Å². The number of methoxy groups -OCH3 is 1. The molecule has 0 saturated carbocycles. The van der Waals surface area contributed by atoms with E-state index in [1.807, 2.05) is 40.6 Å². The van der Waals surface area contributed by atoms with E-state index in [2.05, 4.69) is 10.3 Å². The molecule has 2 aliphatic rings. The van der Waals surface area contributed by atoms with Crippen LogP contribution in [0.25, 0.3) is 0 Å². The third-order valence-electron chi connectivity index (χ3n) is 5.24. The van der Waals surface area contributed by atoms with Crippen LogP contribution in [-0.2, 0) is 20.9 Å². The number of benzene rings is 2. The number of amidine groups is 1. The van der Waals surface area contributed by atoms with Gasteiger partial charge in [-0.1, -0.05) is 54.2 Å². The molecule has 2 aromatic rings. The van der Waals surface area contributed by atoms with E-state index in [1.165, 1.54) is 31.0 Å². The third kappa shape index (κ3) is 4.45. The highest BCUT2D eigenvalue weighted by atomic mass is 32.2. The average Bonchev–Trinajstić information content (AvgIpc) is 3.18. The smallest absolute Gasteiger partial charge is 0.338 e. The fourth-order valence-corrected chi connectivity index (χ4v) is 4.73. The van der Waals surface area contributed by atoms with E-state index in [-0.39, 0.29) is 24.7 Å². The van der Waals surface area contributed by atoms with E-state index in [0.29, 0.717) is 22.0 Å². The van der Waals surface area contributed by atoms with Gasteiger partial charge in [-0.05, 0) is 35.6 Å². The van der Waals surface area contributed by atoms with Gasteiger partial charge in [0.25, 0.3) is 0 Å². The Labute approximate surface area is 189 Å². The zero-order valence-corrected chi connectivity index (χ0v) is 18.5. The predicted octanol–water partition coefficient (Wildman–Crippen LogP) is 4.28. The summed E-state index contributed by atoms with van der Waals surface area (Å²) >= 11 is 1.41. The second-order valence-electron chi connectivity index (χ2n) is 7.38. The van der Waals surface area contributed by atoms with Crippen LogP contribution in [0.15, 0.2) is 82.0 Å². The number of rotatable bonds is 6. The van der Waals surface area contributed by atoms with Gasteiger partial charge in [-0.15, -0.1) is 0 Å². The van der Waals surface area contributed by atoms with Gasteiger partial charge in [0.1, 0.15) is 5.82 Å². The van der Waals surface area contributed by atoms with Gasteiger partial charge >= 0.3 is 5.97 Å². The molecule has 0 spiro atoms. The molecule has 0 saturated heterocycles. The maximum absolute atomic E-state index is 13.4. The summed E-state index contributed by atoms with van der Waals surface area (Å²) in [5.74, 6) is -1.00. The fourth-order valence-electron chi connectivity index (χ4n) is 3.77. The molecule has 2 aromatic carbocycles. The number of amides is 1. The second kappa shape index (κ2) is 9.40. The SMILES string of the molecule is COC(=O)C1=C(C)N=C2SC=C(CC(=O)NCc3cccc(F)c3)N2[C@H]1c1ccccc1. The van der Waals surface area contributed by atoms with Crippen LogP contribution in [0.5, 0.6) is 0 Å². The lowest BCUT2D eigenvalue weighted by Crippen LogP contribution is -2.37. The largest absolute Gasteiger partial charge is 0.466 e. The number of halogens is 1. The number of aliphatic imine (C=N–C) groups is 1. The number of esters is 1. The Morgan fingerprint density at radius 2 is 1.97 bits per heavy atom. The molecule has 1 N–H and O–H groups in total. The minimum Gasteiger partial charge on any atom is -0.466 e. The Kier molecular flexibility index (Phi) is 6.41. The highest BCUT2D eigenvalue weighted by Crippen LogP contribution is 2.44. The number of hydrogen-bond acceptors (Lipinski definition) is 6. The molecule has 1 atom stereocenters. The number of hydrogen-bond donors (Lipinski definition) is 1. The summed E-state index contributed by atoms with van der Waals surface area (Å²) in [5, 5.41) is 5.42. The van der Waals surface area contributed by atoms with E-state index in [4.69, 9.17) is 4.74 Å². The number of carbonyl (C=O) groups is 2. The molecule has 0 aliphatic carbocycles. The topological polar surface area (TPSA) is 71.0 Å². The second-order valence-corrected chi connectivity index (χ2v) is 8.22. The van der Waals surface area contributed by atoms with Gasteiger partial charge in [-0.3, -0.25) is 4.79 Å². The lowest BCUT2D eigenvalue weighted by molar-refractivity contribution is -0.136. The Morgan fingerprint density at radius 3 is 2.69 bits per heavy atom. The van der Waals surface area contributed by atoms with Gasteiger partial charge in [-0.25, -0.2) is 14.2 Å². The summed E-state index contributed by atoms with van der Waals surface area (Å²) in [4.78, 5) is 31.8. The fraction of sp³-hybridized carbons (Fsp3) is 0.208. The van der Waals surface area contributed by atoms with Crippen LogP contribution in [0.3, 0.4) is 0 Å². The minimum atomic E-state index is -0.453. The van der Waals surface area contributed by atoms with Crippen LogP contribution in [0.4, 0.5) is 4.39 Å². The normalized spacial score (nSPS) is 17.5. The van der Waals surface area contributed by atoms with E-state index in [9.17, 15) is 14.0 Å². The van der Waals surface area contributed by atoms with Crippen molar-refractivity contribution in [2.75, 3.05) is 7.11 Å². The monoisotopic (exact) mass is 451 g/mol. The number of allylic oxidation sites excluding steroid dienone is 1. The number of thioether (sulfide) groups is 1. The minimum absolute atomic E-state index is 0.0954. The van der Waals surface area contributed by atoms with Gasteiger partial charge in [0, 0.05) is 12.2 Å². The first-order valence-electron chi connectivity index (χ1n) is 10.1. The van der Waals surface area contributed by atoms with Gasteiger partial charge < -0.3 is 15.0 Å². The summed E-state index contributed by atoms with van der Waals surface area (Å²) in [6.07, 6.45) is 0.0954. The average molecular weight is 452 g/mol. The maximum atomic E-state index is 13.4. The Morgan fingerprint density at radius 1 is 1.19 bits per heavy atom. The quantitative estimate of drug-likeness (QED) is 0.664. The van der Waals surface area contributed by atoms with Crippen LogP contribution < -0.4 is 5.32 Å². The molecule has 4 rings (SSSR count). The number of nitrogens with zero attached hydrogens (tertiary/aromatic N) is 2. The number of carbonyl (C=O) groups excluding carboxylic acids is 2. The summed E-state index contributed by atoms with van der Waals surface area (Å²) < 4.78 is 18.4. The van der Waals surface area contributed by atoms with Crippen molar-refractivity contribution in [1.82, 2.24) is 10.2 Å². The van der Waals surface area contributed by atoms with Crippen molar-refractivity contribution < 1.29 is 18.7 Å². The van der Waals surface area contributed by atoms with Crippen LogP contribution in [0.1, 0.15) is 30.5 Å². The Balaban J connectivity index is 1.57. The van der Waals surface area contributed by atoms with Crippen molar-refractivity contribution in [2.45, 2.75) is 25.9 Å². The van der Waals surface area contributed by atoms with Gasteiger partial charge in [0.05, 0.1) is 30.8 Å². The van der Waals surface area contributed by atoms with Gasteiger partial charge in [0.2, 0.25) is 5.91 Å². The lowest BCUT2D eigenvalue weighted by Gasteiger charge is -2.36. The maximum Gasteiger partial charge on any atom is 0.338 e. The third-order valence-corrected chi connectivity index (χ3v) is 6.13. The Hall–Kier alpha value is -3.39. The molecule has 2 aliphatic heterocycles. The molecule has 0 bridgehead atoms. The van der Waals surface area contributed by atoms with Crippen LogP contribution in [0, 0.1) is 5.82 Å². The first kappa shape index (κ1) is 21.8. The lowest BCUT2D eigenvalue weighted by atomic mass is 9.94. The number of ether oxygens (including phenoxy) is 1. The Bertz CT molecular complexity index is 1140. The summed E-state index contributed by atoms with van der Waals surface area (Å²) in [6.45, 7) is 2.02. The highest BCUT2D eigenvalue weighted by molar-refractivity contribution is 8.16. The van der Waals surface area contributed by atoms with Crippen molar-refractivity contribution in [3.8, 4) is 0 Å². The number of fused-ring (bicyclic) bond motifs is 1. The van der Waals surface area contributed by atoms with Crippen molar-refractivity contribution >= 4 is 28.8 Å². The van der Waals surface area contributed by atoms with Crippen molar-refractivity contribution in [1.29, 1.82) is 0 Å². The van der Waals surface area contributed by atoms with Gasteiger partial charge in [-0.2, -0.15) is 0 Å². The molecule has 1 amide bonds. The highest BCUT2D eigenvalue weighted by Gasteiger charge is 2.40. The summed E-state index contributed by atoms with van der Waals surface area (Å²) in [6, 6.07) is 15.3. The predicted molar refractivity (Wildman–Crippen MR) is 122 cm³/mol. The molecule has 0 aromatic heterocycles. The molecule has 2 heterocycles. The van der Waals surface area contributed by atoms with Gasteiger partial charge in [0.15, 0.2) is 5.17 Å². The first-order valence-corrected chi connectivity index (χ1v) is 10.9. The van der Waals surface area contributed by atoms with E-state index in [1.54, 1.807) is 19.1 Å². The molecule has 0 unspecified atom stereocenters. The molecule has 0 radical (unpaired) electrons. The van der Waals surface area contributed by atoms with E-state index >= 15 is 0 Å². The number of nitrogens with one attached hydrogen (secondary N) is 1. The molecule has 6 nitrogen and oxygen atoms in total. The zero-order valence-electron chi connectivity index (χ0n) is 17.7. The molecule has 0 fully saturated rings. The van der Waals surface area contributed by atoms with Crippen LogP contribution in [-0.4, -0.2) is 29.1 Å². The van der Waals surface area contributed by atoms with Crippen molar-refractivity contribution in [3.05, 3.63) is 93.9 Å². The van der Waals surface area contributed by atoms with E-state index < -0.39 is 12.0 Å².